The fourth-order valence-corrected chi connectivity index (χ4v) is 3.92. The van der Waals surface area contributed by atoms with Gasteiger partial charge in [-0.3, -0.25) is 14.8 Å². The van der Waals surface area contributed by atoms with Crippen LogP contribution in [0.15, 0.2) is 64.2 Å². The first kappa shape index (κ1) is 24.1. The van der Waals surface area contributed by atoms with Gasteiger partial charge in [0.25, 0.3) is 11.4 Å². The normalized spacial score (nSPS) is 15.1. The predicted octanol–water partition coefficient (Wildman–Crippen LogP) is 2.00. The van der Waals surface area contributed by atoms with Crippen LogP contribution in [0.25, 0.3) is 5.69 Å². The van der Waals surface area contributed by atoms with E-state index in [1.165, 1.54) is 48.5 Å². The first-order valence-electron chi connectivity index (χ1n) is 10.0. The Balaban J connectivity index is 2.07. The van der Waals surface area contributed by atoms with Crippen molar-refractivity contribution in [1.29, 1.82) is 0 Å². The minimum Gasteiger partial charge on any atom is -0.497 e. The number of ether oxygens (including phenoxy) is 1. The Hall–Kier alpha value is -4.03. The van der Waals surface area contributed by atoms with E-state index in [1.807, 2.05) is 0 Å². The maximum Gasteiger partial charge on any atom is 0.446 e. The molecule has 35 heavy (non-hydrogen) atoms. The molecule has 0 unspecified atom stereocenters. The van der Waals surface area contributed by atoms with Gasteiger partial charge in [-0.2, -0.15) is 26.3 Å². The van der Waals surface area contributed by atoms with Crippen LogP contribution in [-0.4, -0.2) is 34.8 Å². The lowest BCUT2D eigenvalue weighted by molar-refractivity contribution is -0.659. The van der Waals surface area contributed by atoms with Crippen molar-refractivity contribution in [1.82, 2.24) is 9.55 Å². The van der Waals surface area contributed by atoms with Gasteiger partial charge in [-0.1, -0.05) is 30.3 Å². The molecule has 0 atom stereocenters. The summed E-state index contributed by atoms with van der Waals surface area (Å²) >= 11 is 0. The van der Waals surface area contributed by atoms with E-state index < -0.39 is 52.8 Å². The number of methoxy groups -OCH3 is 1. The molecule has 4 rings (SSSR count). The molecule has 2 heterocycles. The van der Waals surface area contributed by atoms with E-state index in [4.69, 9.17) is 4.74 Å². The molecule has 7 nitrogen and oxygen atoms in total. The number of anilines is 1. The van der Waals surface area contributed by atoms with Crippen molar-refractivity contribution < 1.29 is 36.1 Å². The van der Waals surface area contributed by atoms with Crippen molar-refractivity contribution in [3.63, 3.8) is 0 Å². The number of halogens is 6. The lowest BCUT2D eigenvalue weighted by Crippen LogP contribution is -2.97. The molecule has 0 aliphatic carbocycles. The summed E-state index contributed by atoms with van der Waals surface area (Å²) in [6, 6.07) is 13.0. The summed E-state index contributed by atoms with van der Waals surface area (Å²) in [4.78, 5) is 28.3. The van der Waals surface area contributed by atoms with Crippen molar-refractivity contribution in [3.05, 3.63) is 86.6 Å². The van der Waals surface area contributed by atoms with Gasteiger partial charge in [0.2, 0.25) is 5.82 Å². The van der Waals surface area contributed by atoms with E-state index in [0.717, 1.165) is 0 Å². The van der Waals surface area contributed by atoms with Gasteiger partial charge in [0, 0.05) is 0 Å². The van der Waals surface area contributed by atoms with Crippen LogP contribution in [0.2, 0.25) is 0 Å². The molecule has 1 aliphatic rings. The van der Waals surface area contributed by atoms with Gasteiger partial charge in [0.05, 0.1) is 19.2 Å². The molecule has 0 saturated heterocycles. The number of hydrogen-bond donors (Lipinski definition) is 3. The van der Waals surface area contributed by atoms with Crippen LogP contribution in [0, 0.1) is 0 Å². The minimum absolute atomic E-state index is 0.102. The summed E-state index contributed by atoms with van der Waals surface area (Å²) in [5, 5.41) is 2.44. The lowest BCUT2D eigenvalue weighted by atomic mass is 9.87. The number of alkyl halides is 6. The monoisotopic (exact) mass is 499 g/mol. The highest BCUT2D eigenvalue weighted by Crippen LogP contribution is 2.48. The topological polar surface area (TPSA) is 90.1 Å². The Labute approximate surface area is 192 Å². The standard InChI is InChI=1S/C22H16F6N4O3/c1-35-14-9-7-13(8-10-14)32-17-16(18(33)30-19(32)34)20(21(23,24)25,22(26,27)28)31-15(29-17)11-12-5-3-2-4-6-12/h2-10H,11H2,1H3,(H,29,31)(H,30,33,34)/p+1. The summed E-state index contributed by atoms with van der Waals surface area (Å²) in [6.07, 6.45) is -12.4. The number of nitrogens with zero attached hydrogens (tertiary/aromatic N) is 1. The molecule has 0 radical (unpaired) electrons. The molecule has 0 bridgehead atoms. The van der Waals surface area contributed by atoms with Crippen molar-refractivity contribution in [3.8, 4) is 11.4 Å². The van der Waals surface area contributed by atoms with Gasteiger partial charge < -0.3 is 4.74 Å². The molecule has 0 saturated carbocycles. The number of benzene rings is 2. The number of nitrogens with one attached hydrogen (secondary N) is 3. The summed E-state index contributed by atoms with van der Waals surface area (Å²) in [5.41, 5.74) is -9.30. The lowest BCUT2D eigenvalue weighted by Gasteiger charge is -2.35. The summed E-state index contributed by atoms with van der Waals surface area (Å²) in [5.74, 6) is -1.24. The average Bonchev–Trinajstić information content (AvgIpc) is 2.78. The fraction of sp³-hybridized carbons (Fsp3) is 0.227. The second-order valence-electron chi connectivity index (χ2n) is 7.65. The molecular weight excluding hydrogens is 482 g/mol. The van der Waals surface area contributed by atoms with E-state index in [2.05, 4.69) is 5.32 Å². The maximum absolute atomic E-state index is 14.3. The molecule has 3 aromatic rings. The molecule has 1 aliphatic heterocycles. The number of amidine groups is 1. The largest absolute Gasteiger partial charge is 0.497 e. The van der Waals surface area contributed by atoms with Crippen LogP contribution in [-0.2, 0) is 12.0 Å². The van der Waals surface area contributed by atoms with Gasteiger partial charge in [-0.25, -0.2) is 14.7 Å². The summed E-state index contributed by atoms with van der Waals surface area (Å²) in [6.45, 7) is 0. The SMILES string of the molecule is COc1ccc(-n2c3c(c(=O)[nH]c2=O)C(C(F)(F)F)(C(F)(F)F)[NH+]=C(Cc2ccccc2)N3)cc1. The highest BCUT2D eigenvalue weighted by molar-refractivity contribution is 5.94. The Morgan fingerprint density at radius 3 is 2.09 bits per heavy atom. The molecule has 2 aromatic carbocycles. The molecule has 3 N–H and O–H groups in total. The summed E-state index contributed by atoms with van der Waals surface area (Å²) < 4.78 is 91.4. The van der Waals surface area contributed by atoms with Gasteiger partial charge >= 0.3 is 23.6 Å². The van der Waals surface area contributed by atoms with Gasteiger partial charge in [0.1, 0.15) is 11.3 Å². The average molecular weight is 499 g/mol. The second-order valence-corrected chi connectivity index (χ2v) is 7.65. The first-order chi connectivity index (χ1) is 16.4. The molecule has 184 valence electrons. The van der Waals surface area contributed by atoms with Crippen LogP contribution < -0.4 is 26.3 Å². The number of aromatic nitrogens is 2. The highest BCUT2D eigenvalue weighted by atomic mass is 19.4. The molecule has 0 fully saturated rings. The molecule has 0 amide bonds. The second kappa shape index (κ2) is 8.32. The zero-order chi connectivity index (χ0) is 25.6. The highest BCUT2D eigenvalue weighted by Gasteiger charge is 2.78. The smallest absolute Gasteiger partial charge is 0.446 e. The van der Waals surface area contributed by atoms with Crippen LogP contribution >= 0.6 is 0 Å². The molecule has 0 spiro atoms. The van der Waals surface area contributed by atoms with Crippen LogP contribution in [0.5, 0.6) is 5.75 Å². The number of rotatable bonds is 4. The zero-order valence-electron chi connectivity index (χ0n) is 17.8. The van der Waals surface area contributed by atoms with Crippen LogP contribution in [0.1, 0.15) is 11.1 Å². The number of hydrogen-bond acceptors (Lipinski definition) is 4. The predicted molar refractivity (Wildman–Crippen MR) is 113 cm³/mol. The first-order valence-corrected chi connectivity index (χ1v) is 10.0. The van der Waals surface area contributed by atoms with Crippen molar-refractivity contribution in [2.75, 3.05) is 12.4 Å². The zero-order valence-corrected chi connectivity index (χ0v) is 17.8. The Kier molecular flexibility index (Phi) is 5.73. The summed E-state index contributed by atoms with van der Waals surface area (Å²) in [7, 11) is 1.35. The van der Waals surface area contributed by atoms with E-state index in [9.17, 15) is 35.9 Å². The molecular formula is C22H17F6N4O3+. The fourth-order valence-electron chi connectivity index (χ4n) is 3.92. The molecule has 1 aromatic heterocycles. The van der Waals surface area contributed by atoms with E-state index >= 15 is 0 Å². The van der Waals surface area contributed by atoms with Crippen LogP contribution in [0.4, 0.5) is 32.2 Å². The Morgan fingerprint density at radius 2 is 1.54 bits per heavy atom. The van der Waals surface area contributed by atoms with E-state index in [-0.39, 0.29) is 5.69 Å². The third-order valence-electron chi connectivity index (χ3n) is 5.50. The number of fused-ring (bicyclic) bond motifs is 1. The number of H-pyrrole nitrogens is 1. The van der Waals surface area contributed by atoms with Gasteiger partial charge in [0.15, 0.2) is 0 Å². The third-order valence-corrected chi connectivity index (χ3v) is 5.50. The van der Waals surface area contributed by atoms with Gasteiger partial charge in [-0.15, -0.1) is 0 Å². The number of aromatic amines is 1. The Morgan fingerprint density at radius 1 is 0.943 bits per heavy atom. The third kappa shape index (κ3) is 3.96. The van der Waals surface area contributed by atoms with E-state index in [0.29, 0.717) is 15.9 Å². The van der Waals surface area contributed by atoms with Crippen molar-refractivity contribution in [2.45, 2.75) is 24.3 Å². The Bertz CT molecular complexity index is 1380. The molecule has 13 heteroatoms. The quantitative estimate of drug-likeness (QED) is 0.480. The minimum atomic E-state index is -6.01. The van der Waals surface area contributed by atoms with E-state index in [1.54, 1.807) is 23.2 Å². The van der Waals surface area contributed by atoms with Crippen molar-refractivity contribution in [2.24, 2.45) is 0 Å². The van der Waals surface area contributed by atoms with Gasteiger partial charge in [-0.05, 0) is 29.8 Å². The van der Waals surface area contributed by atoms with Crippen molar-refractivity contribution >= 4 is 11.7 Å². The maximum atomic E-state index is 14.3. The van der Waals surface area contributed by atoms with Crippen LogP contribution in [0.3, 0.4) is 0 Å².